The summed E-state index contributed by atoms with van der Waals surface area (Å²) in [6, 6.07) is 8.52. The molecule has 0 aliphatic heterocycles. The molecule has 2 aromatic rings. The summed E-state index contributed by atoms with van der Waals surface area (Å²) >= 11 is 1.65. The number of nitrogens with two attached hydrogens (primary N) is 1. The quantitative estimate of drug-likeness (QED) is 0.884. The highest BCUT2D eigenvalue weighted by atomic mass is 32.1. The van der Waals surface area contributed by atoms with Crippen molar-refractivity contribution in [3.8, 4) is 10.4 Å². The second-order valence-electron chi connectivity index (χ2n) is 3.76. The zero-order valence-electron chi connectivity index (χ0n) is 9.85. The van der Waals surface area contributed by atoms with Crippen LogP contribution in [0.4, 0.5) is 0 Å². The first-order valence-electron chi connectivity index (χ1n) is 5.56. The van der Waals surface area contributed by atoms with Crippen LogP contribution in [0.15, 0.2) is 30.5 Å². The molecule has 0 bridgehead atoms. The molecule has 1 aromatic heterocycles. The van der Waals surface area contributed by atoms with E-state index < -0.39 is 0 Å². The van der Waals surface area contributed by atoms with Crippen molar-refractivity contribution in [3.63, 3.8) is 0 Å². The first-order valence-corrected chi connectivity index (χ1v) is 6.38. The van der Waals surface area contributed by atoms with Gasteiger partial charge in [0.05, 0.1) is 11.5 Å². The van der Waals surface area contributed by atoms with Crippen LogP contribution in [0.1, 0.15) is 10.6 Å². The van der Waals surface area contributed by atoms with Gasteiger partial charge in [-0.3, -0.25) is 0 Å². The molecule has 4 heteroatoms. The van der Waals surface area contributed by atoms with Gasteiger partial charge in [-0.2, -0.15) is 0 Å². The van der Waals surface area contributed by atoms with E-state index >= 15 is 0 Å². The minimum absolute atomic E-state index is 0.511. The van der Waals surface area contributed by atoms with Gasteiger partial charge in [-0.05, 0) is 17.5 Å². The molecule has 0 spiro atoms. The Morgan fingerprint density at radius 3 is 2.65 bits per heavy atom. The molecule has 2 rings (SSSR count). The fourth-order valence-corrected chi connectivity index (χ4v) is 2.40. The van der Waals surface area contributed by atoms with E-state index in [1.807, 2.05) is 6.20 Å². The molecule has 3 nitrogen and oxygen atoms in total. The van der Waals surface area contributed by atoms with Crippen molar-refractivity contribution in [2.45, 2.75) is 13.0 Å². The van der Waals surface area contributed by atoms with Gasteiger partial charge in [0.15, 0.2) is 0 Å². The number of rotatable bonds is 5. The monoisotopic (exact) mass is 248 g/mol. The van der Waals surface area contributed by atoms with Crippen LogP contribution in [0, 0.1) is 0 Å². The summed E-state index contributed by atoms with van der Waals surface area (Å²) in [4.78, 5) is 5.43. The minimum Gasteiger partial charge on any atom is -0.384 e. The number of hydrogen-bond acceptors (Lipinski definition) is 4. The number of aromatic nitrogens is 1. The average molecular weight is 248 g/mol. The van der Waals surface area contributed by atoms with E-state index in [1.54, 1.807) is 18.4 Å². The predicted molar refractivity (Wildman–Crippen MR) is 71.0 cm³/mol. The van der Waals surface area contributed by atoms with E-state index in [0.717, 1.165) is 18.0 Å². The van der Waals surface area contributed by atoms with E-state index in [1.165, 1.54) is 16.0 Å². The van der Waals surface area contributed by atoms with Gasteiger partial charge >= 0.3 is 0 Å². The van der Waals surface area contributed by atoms with Crippen LogP contribution in [0.5, 0.6) is 0 Å². The Morgan fingerprint density at radius 2 is 2.06 bits per heavy atom. The SMILES string of the molecule is COCCc1ccc(-c2cnc(CN)s2)cc1. The van der Waals surface area contributed by atoms with Gasteiger partial charge in [0, 0.05) is 19.9 Å². The van der Waals surface area contributed by atoms with Gasteiger partial charge in [0.25, 0.3) is 0 Å². The van der Waals surface area contributed by atoms with Crippen LogP contribution in [0.25, 0.3) is 10.4 Å². The molecule has 0 saturated heterocycles. The number of methoxy groups -OCH3 is 1. The predicted octanol–water partition coefficient (Wildman–Crippen LogP) is 2.46. The lowest BCUT2D eigenvalue weighted by molar-refractivity contribution is 0.202. The Balaban J connectivity index is 2.11. The van der Waals surface area contributed by atoms with Crippen molar-refractivity contribution in [3.05, 3.63) is 41.0 Å². The Labute approximate surface area is 105 Å². The first kappa shape index (κ1) is 12.2. The van der Waals surface area contributed by atoms with Gasteiger partial charge in [-0.15, -0.1) is 11.3 Å². The van der Waals surface area contributed by atoms with E-state index in [2.05, 4.69) is 29.2 Å². The zero-order valence-corrected chi connectivity index (χ0v) is 10.7. The topological polar surface area (TPSA) is 48.1 Å². The standard InChI is InChI=1S/C13H16N2OS/c1-16-7-6-10-2-4-11(5-3-10)12-9-15-13(8-14)17-12/h2-5,9H,6-8,14H2,1H3. The van der Waals surface area contributed by atoms with Gasteiger partial charge in [0.2, 0.25) is 0 Å². The van der Waals surface area contributed by atoms with E-state index in [-0.39, 0.29) is 0 Å². The van der Waals surface area contributed by atoms with Crippen LogP contribution in [-0.4, -0.2) is 18.7 Å². The maximum absolute atomic E-state index is 5.55. The Bertz CT molecular complexity index is 465. The largest absolute Gasteiger partial charge is 0.384 e. The highest BCUT2D eigenvalue weighted by molar-refractivity contribution is 7.15. The third-order valence-electron chi connectivity index (χ3n) is 2.56. The van der Waals surface area contributed by atoms with Gasteiger partial charge in [-0.1, -0.05) is 24.3 Å². The molecule has 0 saturated carbocycles. The van der Waals surface area contributed by atoms with E-state index in [4.69, 9.17) is 10.5 Å². The molecule has 0 unspecified atom stereocenters. The lowest BCUT2D eigenvalue weighted by Gasteiger charge is -2.01. The molecule has 0 aliphatic rings. The molecule has 0 aliphatic carbocycles. The van der Waals surface area contributed by atoms with Crippen molar-refractivity contribution in [2.24, 2.45) is 5.73 Å². The fraction of sp³-hybridized carbons (Fsp3) is 0.308. The number of nitrogens with zero attached hydrogens (tertiary/aromatic N) is 1. The number of thiazole rings is 1. The minimum atomic E-state index is 0.511. The lowest BCUT2D eigenvalue weighted by atomic mass is 10.1. The van der Waals surface area contributed by atoms with Crippen LogP contribution in [0.2, 0.25) is 0 Å². The third-order valence-corrected chi connectivity index (χ3v) is 3.63. The Hall–Kier alpha value is -1.23. The van der Waals surface area contributed by atoms with Gasteiger partial charge < -0.3 is 10.5 Å². The number of ether oxygens (including phenoxy) is 1. The number of hydrogen-bond donors (Lipinski definition) is 1. The molecule has 0 fully saturated rings. The van der Waals surface area contributed by atoms with Crippen molar-refractivity contribution in [1.29, 1.82) is 0 Å². The third kappa shape index (κ3) is 3.12. The maximum Gasteiger partial charge on any atom is 0.107 e. The highest BCUT2D eigenvalue weighted by Crippen LogP contribution is 2.26. The van der Waals surface area contributed by atoms with Crippen molar-refractivity contribution in [2.75, 3.05) is 13.7 Å². The summed E-state index contributed by atoms with van der Waals surface area (Å²) in [6.07, 6.45) is 2.84. The summed E-state index contributed by atoms with van der Waals surface area (Å²) in [7, 11) is 1.72. The van der Waals surface area contributed by atoms with Crippen LogP contribution in [-0.2, 0) is 17.7 Å². The second kappa shape index (κ2) is 5.91. The molecule has 17 heavy (non-hydrogen) atoms. The molecular weight excluding hydrogens is 232 g/mol. The highest BCUT2D eigenvalue weighted by Gasteiger charge is 2.03. The van der Waals surface area contributed by atoms with Crippen molar-refractivity contribution in [1.82, 2.24) is 4.98 Å². The zero-order chi connectivity index (χ0) is 12.1. The number of benzene rings is 1. The Kier molecular flexibility index (Phi) is 4.25. The smallest absolute Gasteiger partial charge is 0.107 e. The molecule has 0 amide bonds. The molecule has 2 N–H and O–H groups in total. The molecule has 1 heterocycles. The molecule has 0 atom stereocenters. The second-order valence-corrected chi connectivity index (χ2v) is 4.88. The Morgan fingerprint density at radius 1 is 1.29 bits per heavy atom. The van der Waals surface area contributed by atoms with Crippen molar-refractivity contribution < 1.29 is 4.74 Å². The van der Waals surface area contributed by atoms with E-state index in [0.29, 0.717) is 6.54 Å². The molecule has 90 valence electrons. The van der Waals surface area contributed by atoms with Crippen LogP contribution < -0.4 is 5.73 Å². The summed E-state index contributed by atoms with van der Waals surface area (Å²) in [5, 5.41) is 0.975. The summed E-state index contributed by atoms with van der Waals surface area (Å²) in [5.74, 6) is 0. The van der Waals surface area contributed by atoms with Gasteiger partial charge in [-0.25, -0.2) is 4.98 Å². The van der Waals surface area contributed by atoms with Crippen LogP contribution >= 0.6 is 11.3 Å². The summed E-state index contributed by atoms with van der Waals surface area (Å²) in [6.45, 7) is 1.27. The molecule has 0 radical (unpaired) electrons. The average Bonchev–Trinajstić information content (AvgIpc) is 2.86. The van der Waals surface area contributed by atoms with E-state index in [9.17, 15) is 0 Å². The summed E-state index contributed by atoms with van der Waals surface area (Å²) < 4.78 is 5.06. The summed E-state index contributed by atoms with van der Waals surface area (Å²) in [5.41, 5.74) is 8.04. The first-order chi connectivity index (χ1) is 8.33. The molecule has 1 aromatic carbocycles. The van der Waals surface area contributed by atoms with Crippen molar-refractivity contribution >= 4 is 11.3 Å². The molecular formula is C13H16N2OS. The maximum atomic E-state index is 5.55. The lowest BCUT2D eigenvalue weighted by Crippen LogP contribution is -1.93. The normalized spacial score (nSPS) is 10.7. The van der Waals surface area contributed by atoms with Crippen LogP contribution in [0.3, 0.4) is 0 Å². The fourth-order valence-electron chi connectivity index (χ4n) is 1.59. The van der Waals surface area contributed by atoms with Gasteiger partial charge in [0.1, 0.15) is 5.01 Å².